The van der Waals surface area contributed by atoms with Crippen molar-refractivity contribution in [1.82, 2.24) is 0 Å². The minimum Gasteiger partial charge on any atom is -0.399 e. The zero-order valence-electron chi connectivity index (χ0n) is 12.5. The molecule has 22 heavy (non-hydrogen) atoms. The van der Waals surface area contributed by atoms with E-state index in [2.05, 4.69) is 61.5 Å². The van der Waals surface area contributed by atoms with Gasteiger partial charge < -0.3 is 5.73 Å². The van der Waals surface area contributed by atoms with Crippen LogP contribution < -0.4 is 5.73 Å². The Labute approximate surface area is 130 Å². The van der Waals surface area contributed by atoms with Gasteiger partial charge in [-0.1, -0.05) is 54.1 Å². The topological polar surface area (TPSA) is 26.0 Å². The van der Waals surface area contributed by atoms with E-state index in [0.29, 0.717) is 11.8 Å². The van der Waals surface area contributed by atoms with Crippen LogP contribution in [0.5, 0.6) is 0 Å². The van der Waals surface area contributed by atoms with Crippen molar-refractivity contribution in [3.63, 3.8) is 0 Å². The van der Waals surface area contributed by atoms with Crippen LogP contribution in [0.3, 0.4) is 0 Å². The SMILES string of the molecule is Cc1ccc2c(c1)C1c3ccccc3C2c2cc(N)ccc21. The average Bonchev–Trinajstić information content (AvgIpc) is 2.54. The molecule has 2 unspecified atom stereocenters. The Hall–Kier alpha value is -2.54. The second-order valence-electron chi connectivity index (χ2n) is 6.52. The van der Waals surface area contributed by atoms with Crippen molar-refractivity contribution in [3.8, 4) is 0 Å². The Balaban J connectivity index is 1.90. The van der Waals surface area contributed by atoms with Crippen LogP contribution in [-0.4, -0.2) is 0 Å². The number of hydrogen-bond acceptors (Lipinski definition) is 1. The first kappa shape index (κ1) is 12.0. The number of anilines is 1. The highest BCUT2D eigenvalue weighted by atomic mass is 14.6. The Bertz CT molecular complexity index is 846. The number of hydrogen-bond donors (Lipinski definition) is 1. The molecule has 0 aliphatic heterocycles. The summed E-state index contributed by atoms with van der Waals surface area (Å²) < 4.78 is 0. The van der Waals surface area contributed by atoms with E-state index in [0.717, 1.165) is 5.69 Å². The second-order valence-corrected chi connectivity index (χ2v) is 6.52. The number of rotatable bonds is 0. The number of nitrogens with two attached hydrogens (primary N) is 1. The van der Waals surface area contributed by atoms with Gasteiger partial charge in [0.25, 0.3) is 0 Å². The van der Waals surface area contributed by atoms with Gasteiger partial charge in [0.2, 0.25) is 0 Å². The zero-order valence-corrected chi connectivity index (χ0v) is 12.5. The molecule has 0 fully saturated rings. The van der Waals surface area contributed by atoms with E-state index in [1.807, 2.05) is 6.07 Å². The summed E-state index contributed by atoms with van der Waals surface area (Å²) in [5.74, 6) is 0.682. The van der Waals surface area contributed by atoms with E-state index in [4.69, 9.17) is 5.73 Å². The van der Waals surface area contributed by atoms with E-state index in [-0.39, 0.29) is 0 Å². The second kappa shape index (κ2) is 4.01. The summed E-state index contributed by atoms with van der Waals surface area (Å²) in [6.07, 6.45) is 0. The molecule has 6 rings (SSSR count). The normalized spacial score (nSPS) is 20.2. The molecule has 0 amide bonds. The van der Waals surface area contributed by atoms with E-state index in [9.17, 15) is 0 Å². The van der Waals surface area contributed by atoms with Crippen LogP contribution >= 0.6 is 0 Å². The maximum absolute atomic E-state index is 6.08. The lowest BCUT2D eigenvalue weighted by Crippen LogP contribution is -2.27. The van der Waals surface area contributed by atoms with E-state index in [1.165, 1.54) is 38.9 Å². The van der Waals surface area contributed by atoms with Crippen molar-refractivity contribution in [3.05, 3.63) is 99.6 Å². The summed E-state index contributed by atoms with van der Waals surface area (Å²) in [5, 5.41) is 0. The van der Waals surface area contributed by atoms with Crippen molar-refractivity contribution < 1.29 is 0 Å². The largest absolute Gasteiger partial charge is 0.399 e. The molecule has 3 aliphatic rings. The predicted molar refractivity (Wildman–Crippen MR) is 90.4 cm³/mol. The summed E-state index contributed by atoms with van der Waals surface area (Å²) in [5.41, 5.74) is 16.9. The number of benzene rings is 3. The van der Waals surface area contributed by atoms with E-state index >= 15 is 0 Å². The Morgan fingerprint density at radius 2 is 1.18 bits per heavy atom. The molecule has 3 aromatic rings. The van der Waals surface area contributed by atoms with E-state index in [1.54, 1.807) is 0 Å². The van der Waals surface area contributed by atoms with Gasteiger partial charge in [-0.2, -0.15) is 0 Å². The Kier molecular flexibility index (Phi) is 2.20. The third-order valence-electron chi connectivity index (χ3n) is 5.22. The molecular formula is C21H17N. The average molecular weight is 283 g/mol. The lowest BCUT2D eigenvalue weighted by molar-refractivity contribution is 0.753. The van der Waals surface area contributed by atoms with Gasteiger partial charge in [0.15, 0.2) is 0 Å². The highest BCUT2D eigenvalue weighted by Gasteiger charge is 2.40. The van der Waals surface area contributed by atoms with Crippen molar-refractivity contribution in [2.75, 3.05) is 5.73 Å². The third kappa shape index (κ3) is 1.38. The summed E-state index contributed by atoms with van der Waals surface area (Å²) in [4.78, 5) is 0. The zero-order chi connectivity index (χ0) is 14.8. The lowest BCUT2D eigenvalue weighted by atomic mass is 9.61. The van der Waals surface area contributed by atoms with Crippen molar-refractivity contribution in [1.29, 1.82) is 0 Å². The Morgan fingerprint density at radius 1 is 0.636 bits per heavy atom. The van der Waals surface area contributed by atoms with Crippen LogP contribution in [0, 0.1) is 6.92 Å². The standard InChI is InChI=1S/C21H17N/c1-12-6-8-16-18(10-12)20-14-4-2-3-5-15(14)21(16)19-11-13(22)7-9-17(19)20/h2-11,20-21H,22H2,1H3. The van der Waals surface area contributed by atoms with Crippen LogP contribution in [-0.2, 0) is 0 Å². The number of nitrogen functional groups attached to an aromatic ring is 1. The first-order chi connectivity index (χ1) is 10.7. The first-order valence-corrected chi connectivity index (χ1v) is 7.82. The van der Waals surface area contributed by atoms with Gasteiger partial charge in [-0.15, -0.1) is 0 Å². The smallest absolute Gasteiger partial charge is 0.0349 e. The van der Waals surface area contributed by atoms with Crippen LogP contribution in [0.15, 0.2) is 60.7 Å². The molecule has 0 saturated carbocycles. The fourth-order valence-corrected chi connectivity index (χ4v) is 4.36. The van der Waals surface area contributed by atoms with Gasteiger partial charge in [0.1, 0.15) is 0 Å². The highest BCUT2D eigenvalue weighted by molar-refractivity contribution is 5.69. The van der Waals surface area contributed by atoms with Crippen LogP contribution in [0.4, 0.5) is 5.69 Å². The molecule has 0 heterocycles. The van der Waals surface area contributed by atoms with Gasteiger partial charge in [-0.25, -0.2) is 0 Å². The maximum Gasteiger partial charge on any atom is 0.0349 e. The molecular weight excluding hydrogens is 266 g/mol. The van der Waals surface area contributed by atoms with Crippen LogP contribution in [0.2, 0.25) is 0 Å². The quantitative estimate of drug-likeness (QED) is 0.414. The predicted octanol–water partition coefficient (Wildman–Crippen LogP) is 4.56. The summed E-state index contributed by atoms with van der Waals surface area (Å²) >= 11 is 0. The minimum atomic E-state index is 0.329. The molecule has 2 bridgehead atoms. The molecule has 3 aliphatic carbocycles. The molecule has 0 spiro atoms. The maximum atomic E-state index is 6.08. The molecule has 2 atom stereocenters. The molecule has 0 saturated heterocycles. The van der Waals surface area contributed by atoms with Gasteiger partial charge in [0.05, 0.1) is 0 Å². The van der Waals surface area contributed by atoms with Crippen molar-refractivity contribution in [2.24, 2.45) is 0 Å². The number of aryl methyl sites for hydroxylation is 1. The van der Waals surface area contributed by atoms with Gasteiger partial charge in [0, 0.05) is 17.5 Å². The summed E-state index contributed by atoms with van der Waals surface area (Å²) in [7, 11) is 0. The van der Waals surface area contributed by atoms with Crippen LogP contribution in [0.1, 0.15) is 50.8 Å². The van der Waals surface area contributed by atoms with Crippen molar-refractivity contribution in [2.45, 2.75) is 18.8 Å². The molecule has 2 N–H and O–H groups in total. The molecule has 1 nitrogen and oxygen atoms in total. The minimum absolute atomic E-state index is 0.329. The third-order valence-corrected chi connectivity index (χ3v) is 5.22. The first-order valence-electron chi connectivity index (χ1n) is 7.82. The van der Waals surface area contributed by atoms with Gasteiger partial charge >= 0.3 is 0 Å². The lowest BCUT2D eigenvalue weighted by Gasteiger charge is -2.42. The molecule has 106 valence electrons. The molecule has 3 aromatic carbocycles. The van der Waals surface area contributed by atoms with E-state index < -0.39 is 0 Å². The molecule has 1 heteroatoms. The van der Waals surface area contributed by atoms with Gasteiger partial charge in [-0.05, 0) is 52.4 Å². The monoisotopic (exact) mass is 283 g/mol. The highest BCUT2D eigenvalue weighted by Crippen LogP contribution is 2.55. The molecule has 0 radical (unpaired) electrons. The van der Waals surface area contributed by atoms with Crippen LogP contribution in [0.25, 0.3) is 0 Å². The van der Waals surface area contributed by atoms with Crippen molar-refractivity contribution >= 4 is 5.69 Å². The Morgan fingerprint density at radius 3 is 1.86 bits per heavy atom. The fourth-order valence-electron chi connectivity index (χ4n) is 4.36. The summed E-state index contributed by atoms with van der Waals surface area (Å²) in [6, 6.07) is 22.2. The summed E-state index contributed by atoms with van der Waals surface area (Å²) in [6.45, 7) is 2.18. The van der Waals surface area contributed by atoms with Gasteiger partial charge in [-0.3, -0.25) is 0 Å². The fraction of sp³-hybridized carbons (Fsp3) is 0.143. The molecule has 0 aromatic heterocycles.